The highest BCUT2D eigenvalue weighted by atomic mass is 16.5. The van der Waals surface area contributed by atoms with Gasteiger partial charge in [-0.05, 0) is 41.3 Å². The summed E-state index contributed by atoms with van der Waals surface area (Å²) in [5, 5.41) is 19.3. The summed E-state index contributed by atoms with van der Waals surface area (Å²) in [6.45, 7) is 2.78. The number of nitrogens with zero attached hydrogens (tertiary/aromatic N) is 1. The van der Waals surface area contributed by atoms with Gasteiger partial charge >= 0.3 is 0 Å². The van der Waals surface area contributed by atoms with E-state index < -0.39 is 0 Å². The van der Waals surface area contributed by atoms with Crippen LogP contribution in [0.3, 0.4) is 0 Å². The molecule has 3 N–H and O–H groups in total. The van der Waals surface area contributed by atoms with Crippen molar-refractivity contribution < 1.29 is 9.84 Å². The van der Waals surface area contributed by atoms with Gasteiger partial charge in [0.15, 0.2) is 5.96 Å². The standard InChI is InChI=1S/C23H27N3O2/c1-16(20-10-6-8-17-7-4-5-9-21(17)20)26-23(24-2)25-14-13-18-11-12-19(28-3)15-22(18)27/h4-12,15-16,27H,13-14H2,1-3H3,(H2,24,25,26). The maximum absolute atomic E-state index is 10.1. The van der Waals surface area contributed by atoms with Crippen molar-refractivity contribution in [3.63, 3.8) is 0 Å². The molecule has 3 aromatic rings. The van der Waals surface area contributed by atoms with E-state index in [2.05, 4.69) is 65.0 Å². The molecule has 0 aliphatic heterocycles. The lowest BCUT2D eigenvalue weighted by Crippen LogP contribution is -2.39. The number of phenolic OH excluding ortho intramolecular Hbond substituents is 1. The predicted octanol–water partition coefficient (Wildman–Crippen LogP) is 4.02. The van der Waals surface area contributed by atoms with Gasteiger partial charge in [0.2, 0.25) is 0 Å². The van der Waals surface area contributed by atoms with E-state index >= 15 is 0 Å². The van der Waals surface area contributed by atoms with E-state index in [-0.39, 0.29) is 11.8 Å². The second-order valence-electron chi connectivity index (χ2n) is 6.68. The second-order valence-corrected chi connectivity index (χ2v) is 6.68. The van der Waals surface area contributed by atoms with Gasteiger partial charge in [-0.2, -0.15) is 0 Å². The summed E-state index contributed by atoms with van der Waals surface area (Å²) in [7, 11) is 3.35. The first-order chi connectivity index (χ1) is 13.6. The number of benzene rings is 3. The van der Waals surface area contributed by atoms with Gasteiger partial charge in [0.1, 0.15) is 11.5 Å². The first kappa shape index (κ1) is 19.5. The Kier molecular flexibility index (Phi) is 6.37. The highest BCUT2D eigenvalue weighted by molar-refractivity contribution is 5.87. The fourth-order valence-electron chi connectivity index (χ4n) is 3.30. The quantitative estimate of drug-likeness (QED) is 0.448. The Balaban J connectivity index is 1.61. The molecule has 5 nitrogen and oxygen atoms in total. The van der Waals surface area contributed by atoms with Gasteiger partial charge in [-0.25, -0.2) is 0 Å². The molecule has 5 heteroatoms. The summed E-state index contributed by atoms with van der Waals surface area (Å²) in [6, 6.07) is 20.2. The molecule has 0 radical (unpaired) electrons. The molecule has 0 saturated heterocycles. The third-order valence-corrected chi connectivity index (χ3v) is 4.85. The first-order valence-corrected chi connectivity index (χ1v) is 9.43. The number of ether oxygens (including phenoxy) is 1. The van der Waals surface area contributed by atoms with Gasteiger partial charge in [-0.1, -0.05) is 48.5 Å². The summed E-state index contributed by atoms with van der Waals surface area (Å²) in [5.74, 6) is 1.62. The number of fused-ring (bicyclic) bond motifs is 1. The molecule has 0 fully saturated rings. The number of guanidine groups is 1. The van der Waals surface area contributed by atoms with Crippen LogP contribution in [0.25, 0.3) is 10.8 Å². The zero-order valence-electron chi connectivity index (χ0n) is 16.6. The average Bonchev–Trinajstić information content (AvgIpc) is 2.73. The van der Waals surface area contributed by atoms with Crippen LogP contribution in [0.2, 0.25) is 0 Å². The summed E-state index contributed by atoms with van der Waals surface area (Å²) in [5.41, 5.74) is 2.10. The average molecular weight is 377 g/mol. The second kappa shape index (κ2) is 9.13. The lowest BCUT2D eigenvalue weighted by Gasteiger charge is -2.20. The van der Waals surface area contributed by atoms with Crippen molar-refractivity contribution >= 4 is 16.7 Å². The van der Waals surface area contributed by atoms with Crippen molar-refractivity contribution in [2.75, 3.05) is 20.7 Å². The molecule has 28 heavy (non-hydrogen) atoms. The number of nitrogens with one attached hydrogen (secondary N) is 2. The molecule has 0 spiro atoms. The van der Waals surface area contributed by atoms with Crippen LogP contribution in [0.4, 0.5) is 0 Å². The molecule has 0 amide bonds. The Labute approximate surface area is 166 Å². The highest BCUT2D eigenvalue weighted by Crippen LogP contribution is 2.24. The smallest absolute Gasteiger partial charge is 0.191 e. The van der Waals surface area contributed by atoms with Crippen LogP contribution in [-0.4, -0.2) is 31.8 Å². The van der Waals surface area contributed by atoms with Gasteiger partial charge in [0.25, 0.3) is 0 Å². The largest absolute Gasteiger partial charge is 0.508 e. The van der Waals surface area contributed by atoms with Crippen molar-refractivity contribution in [1.29, 1.82) is 0 Å². The summed E-state index contributed by atoms with van der Waals surface area (Å²) in [4.78, 5) is 4.33. The topological polar surface area (TPSA) is 65.9 Å². The van der Waals surface area contributed by atoms with E-state index in [0.717, 1.165) is 11.5 Å². The van der Waals surface area contributed by atoms with Crippen molar-refractivity contribution in [2.24, 2.45) is 4.99 Å². The van der Waals surface area contributed by atoms with Crippen molar-refractivity contribution in [1.82, 2.24) is 10.6 Å². The first-order valence-electron chi connectivity index (χ1n) is 9.43. The molecule has 0 heterocycles. The van der Waals surface area contributed by atoms with Crippen molar-refractivity contribution in [3.8, 4) is 11.5 Å². The molecule has 0 aliphatic rings. The maximum Gasteiger partial charge on any atom is 0.191 e. The van der Waals surface area contributed by atoms with E-state index in [1.165, 1.54) is 16.3 Å². The summed E-state index contributed by atoms with van der Waals surface area (Å²) in [6.07, 6.45) is 0.680. The SMILES string of the molecule is CN=C(NCCc1ccc(OC)cc1O)NC(C)c1cccc2ccccc12. The predicted molar refractivity (Wildman–Crippen MR) is 115 cm³/mol. The van der Waals surface area contributed by atoms with Gasteiger partial charge in [-0.3, -0.25) is 4.99 Å². The minimum absolute atomic E-state index is 0.103. The van der Waals surface area contributed by atoms with Crippen LogP contribution in [-0.2, 0) is 6.42 Å². The summed E-state index contributed by atoms with van der Waals surface area (Å²) >= 11 is 0. The minimum Gasteiger partial charge on any atom is -0.508 e. The van der Waals surface area contributed by atoms with Gasteiger partial charge in [-0.15, -0.1) is 0 Å². The molecule has 0 aromatic heterocycles. The normalized spacial score (nSPS) is 12.6. The molecule has 3 aromatic carbocycles. The summed E-state index contributed by atoms with van der Waals surface area (Å²) < 4.78 is 5.12. The Bertz CT molecular complexity index is 964. The van der Waals surface area contributed by atoms with Gasteiger partial charge in [0, 0.05) is 19.7 Å². The fraction of sp³-hybridized carbons (Fsp3) is 0.261. The monoisotopic (exact) mass is 377 g/mol. The number of aromatic hydroxyl groups is 1. The van der Waals surface area contributed by atoms with Gasteiger partial charge < -0.3 is 20.5 Å². The molecule has 3 rings (SSSR count). The van der Waals surface area contributed by atoms with E-state index in [1.54, 1.807) is 20.2 Å². The van der Waals surface area contributed by atoms with Crippen LogP contribution in [0.1, 0.15) is 24.1 Å². The van der Waals surface area contributed by atoms with Crippen molar-refractivity contribution in [2.45, 2.75) is 19.4 Å². The Morgan fingerprint density at radius 1 is 1.11 bits per heavy atom. The number of hydrogen-bond acceptors (Lipinski definition) is 3. The Hall–Kier alpha value is -3.21. The number of methoxy groups -OCH3 is 1. The molecule has 1 atom stereocenters. The number of phenols is 1. The molecule has 0 aliphatic carbocycles. The van der Waals surface area contributed by atoms with Crippen LogP contribution >= 0.6 is 0 Å². The molecule has 146 valence electrons. The highest BCUT2D eigenvalue weighted by Gasteiger charge is 2.11. The van der Waals surface area contributed by atoms with Crippen LogP contribution in [0.5, 0.6) is 11.5 Å². The Morgan fingerprint density at radius 2 is 1.89 bits per heavy atom. The minimum atomic E-state index is 0.103. The van der Waals surface area contributed by atoms with Crippen LogP contribution in [0, 0.1) is 0 Å². The third-order valence-electron chi connectivity index (χ3n) is 4.85. The zero-order valence-corrected chi connectivity index (χ0v) is 16.6. The van der Waals surface area contributed by atoms with E-state index in [0.29, 0.717) is 18.7 Å². The van der Waals surface area contributed by atoms with E-state index in [9.17, 15) is 5.11 Å². The number of hydrogen-bond donors (Lipinski definition) is 3. The van der Waals surface area contributed by atoms with Crippen LogP contribution < -0.4 is 15.4 Å². The van der Waals surface area contributed by atoms with Gasteiger partial charge in [0.05, 0.1) is 13.2 Å². The van der Waals surface area contributed by atoms with Crippen LogP contribution in [0.15, 0.2) is 65.7 Å². The van der Waals surface area contributed by atoms with Crippen molar-refractivity contribution in [3.05, 3.63) is 71.8 Å². The number of aliphatic imine (C=N–C) groups is 1. The van der Waals surface area contributed by atoms with E-state index in [4.69, 9.17) is 4.74 Å². The molecule has 0 saturated carbocycles. The zero-order chi connectivity index (χ0) is 19.9. The fourth-order valence-corrected chi connectivity index (χ4v) is 3.30. The van der Waals surface area contributed by atoms with E-state index in [1.807, 2.05) is 12.1 Å². The molecule has 0 bridgehead atoms. The lowest BCUT2D eigenvalue weighted by molar-refractivity contribution is 0.406. The maximum atomic E-state index is 10.1. The lowest BCUT2D eigenvalue weighted by atomic mass is 10.00. The third kappa shape index (κ3) is 4.55. The molecular weight excluding hydrogens is 350 g/mol. The molecular formula is C23H27N3O2. The molecule has 1 unspecified atom stereocenters. The Morgan fingerprint density at radius 3 is 2.64 bits per heavy atom. The number of rotatable bonds is 6.